The van der Waals surface area contributed by atoms with Crippen molar-refractivity contribution in [3.63, 3.8) is 0 Å². The Hall–Kier alpha value is -0.940. The summed E-state index contributed by atoms with van der Waals surface area (Å²) in [4.78, 5) is 11.6. The first-order valence-electron chi connectivity index (χ1n) is 5.46. The summed E-state index contributed by atoms with van der Waals surface area (Å²) in [5, 5.41) is 2.70. The summed E-state index contributed by atoms with van der Waals surface area (Å²) in [5.41, 5.74) is 0.321. The van der Waals surface area contributed by atoms with Gasteiger partial charge in [-0.15, -0.1) is 0 Å². The molecule has 1 aromatic rings. The van der Waals surface area contributed by atoms with Crippen LogP contribution in [0.3, 0.4) is 0 Å². The van der Waals surface area contributed by atoms with Crippen LogP contribution in [0, 0.1) is 5.82 Å². The number of carbonyl (C=O) groups excluding carboxylic acids is 1. The Morgan fingerprint density at radius 1 is 1.53 bits per heavy atom. The number of hydrogen-bond acceptors (Lipinski definition) is 2. The zero-order chi connectivity index (χ0) is 12.7. The molecule has 0 saturated heterocycles. The van der Waals surface area contributed by atoms with Crippen molar-refractivity contribution >= 4 is 21.8 Å². The summed E-state index contributed by atoms with van der Waals surface area (Å²) in [7, 11) is 0. The number of halogens is 2. The lowest BCUT2D eigenvalue weighted by Crippen LogP contribution is -2.25. The minimum Gasteiger partial charge on any atom is -0.382 e. The van der Waals surface area contributed by atoms with Crippen molar-refractivity contribution in [2.45, 2.75) is 13.3 Å². The molecule has 1 N–H and O–H groups in total. The van der Waals surface area contributed by atoms with Crippen LogP contribution in [0.2, 0.25) is 0 Å². The highest BCUT2D eigenvalue weighted by Crippen LogP contribution is 2.16. The molecular formula is C12H15BrFNO2. The summed E-state index contributed by atoms with van der Waals surface area (Å²) in [6.07, 6.45) is 0.749. The predicted molar refractivity (Wildman–Crippen MR) is 67.5 cm³/mol. The fourth-order valence-electron chi connectivity index (χ4n) is 1.26. The fourth-order valence-corrected chi connectivity index (χ4v) is 1.51. The molecule has 0 unspecified atom stereocenters. The molecule has 0 radical (unpaired) electrons. The van der Waals surface area contributed by atoms with E-state index in [1.807, 2.05) is 6.92 Å². The van der Waals surface area contributed by atoms with Gasteiger partial charge in [0.1, 0.15) is 5.82 Å². The smallest absolute Gasteiger partial charge is 0.251 e. The van der Waals surface area contributed by atoms with Crippen molar-refractivity contribution in [1.82, 2.24) is 5.32 Å². The predicted octanol–water partition coefficient (Wildman–Crippen LogP) is 2.74. The van der Waals surface area contributed by atoms with Crippen LogP contribution >= 0.6 is 15.9 Å². The Kier molecular flexibility index (Phi) is 6.15. The number of nitrogens with one attached hydrogen (secondary N) is 1. The first-order valence-corrected chi connectivity index (χ1v) is 6.25. The first kappa shape index (κ1) is 14.1. The molecule has 0 aromatic heterocycles. The maximum atomic E-state index is 13.2. The minimum absolute atomic E-state index is 0.270. The molecule has 1 amide bonds. The lowest BCUT2D eigenvalue weighted by Gasteiger charge is -2.05. The second-order valence-electron chi connectivity index (χ2n) is 3.44. The Morgan fingerprint density at radius 2 is 2.29 bits per heavy atom. The number of rotatable bonds is 6. The number of benzene rings is 1. The molecule has 0 aliphatic heterocycles. The average molecular weight is 304 g/mol. The highest BCUT2D eigenvalue weighted by Gasteiger charge is 2.07. The van der Waals surface area contributed by atoms with E-state index in [0.717, 1.165) is 6.42 Å². The van der Waals surface area contributed by atoms with E-state index in [0.29, 0.717) is 29.8 Å². The maximum Gasteiger partial charge on any atom is 0.251 e. The molecular weight excluding hydrogens is 289 g/mol. The van der Waals surface area contributed by atoms with E-state index in [1.165, 1.54) is 12.1 Å². The molecule has 0 spiro atoms. The molecule has 17 heavy (non-hydrogen) atoms. The highest BCUT2D eigenvalue weighted by molar-refractivity contribution is 9.10. The third kappa shape index (κ3) is 4.83. The van der Waals surface area contributed by atoms with Gasteiger partial charge in [0.15, 0.2) is 0 Å². The molecule has 0 atom stereocenters. The second kappa shape index (κ2) is 7.40. The summed E-state index contributed by atoms with van der Waals surface area (Å²) < 4.78 is 18.7. The summed E-state index contributed by atoms with van der Waals surface area (Å²) in [6.45, 7) is 3.73. The quantitative estimate of drug-likeness (QED) is 0.821. The molecule has 0 aliphatic carbocycles. The van der Waals surface area contributed by atoms with Crippen molar-refractivity contribution in [2.24, 2.45) is 0 Å². The zero-order valence-corrected chi connectivity index (χ0v) is 11.2. The van der Waals surface area contributed by atoms with Crippen LogP contribution in [0.4, 0.5) is 4.39 Å². The number of ether oxygens (including phenoxy) is 1. The van der Waals surface area contributed by atoms with Crippen molar-refractivity contribution < 1.29 is 13.9 Å². The van der Waals surface area contributed by atoms with E-state index in [2.05, 4.69) is 21.2 Å². The maximum absolute atomic E-state index is 13.2. The lowest BCUT2D eigenvalue weighted by atomic mass is 10.2. The van der Waals surface area contributed by atoms with E-state index >= 15 is 0 Å². The third-order valence-electron chi connectivity index (χ3n) is 2.14. The van der Waals surface area contributed by atoms with E-state index in [1.54, 1.807) is 6.07 Å². The van der Waals surface area contributed by atoms with Gasteiger partial charge in [0.05, 0.1) is 4.47 Å². The van der Waals surface area contributed by atoms with Crippen LogP contribution in [0.15, 0.2) is 22.7 Å². The lowest BCUT2D eigenvalue weighted by molar-refractivity contribution is 0.0944. The SMILES string of the molecule is CCOCCCNC(=O)c1ccc(Br)c(F)c1. The number of amides is 1. The normalized spacial score (nSPS) is 10.3. The van der Waals surface area contributed by atoms with Crippen LogP contribution in [-0.4, -0.2) is 25.7 Å². The molecule has 0 saturated carbocycles. The molecule has 1 rings (SSSR count). The van der Waals surface area contributed by atoms with Crippen LogP contribution < -0.4 is 5.32 Å². The van der Waals surface area contributed by atoms with E-state index in [4.69, 9.17) is 4.74 Å². The number of carbonyl (C=O) groups is 1. The highest BCUT2D eigenvalue weighted by atomic mass is 79.9. The Labute approximate surface area is 108 Å². The van der Waals surface area contributed by atoms with Crippen LogP contribution in [-0.2, 0) is 4.74 Å². The Morgan fingerprint density at radius 3 is 2.94 bits per heavy atom. The van der Waals surface area contributed by atoms with Gasteiger partial charge in [-0.2, -0.15) is 0 Å². The van der Waals surface area contributed by atoms with Gasteiger partial charge in [-0.05, 0) is 47.5 Å². The van der Waals surface area contributed by atoms with E-state index in [9.17, 15) is 9.18 Å². The summed E-state index contributed by atoms with van der Waals surface area (Å²) in [6, 6.07) is 4.30. The first-order chi connectivity index (χ1) is 8.15. The number of hydrogen-bond donors (Lipinski definition) is 1. The van der Waals surface area contributed by atoms with Gasteiger partial charge < -0.3 is 10.1 Å². The average Bonchev–Trinajstić information content (AvgIpc) is 2.32. The molecule has 0 aliphatic rings. The summed E-state index contributed by atoms with van der Waals surface area (Å²) in [5.74, 6) is -0.708. The topological polar surface area (TPSA) is 38.3 Å². The fraction of sp³-hybridized carbons (Fsp3) is 0.417. The Bertz CT molecular complexity index is 385. The van der Waals surface area contributed by atoms with Crippen LogP contribution in [0.25, 0.3) is 0 Å². The second-order valence-corrected chi connectivity index (χ2v) is 4.29. The van der Waals surface area contributed by atoms with Gasteiger partial charge in [0, 0.05) is 25.3 Å². The Balaban J connectivity index is 2.39. The van der Waals surface area contributed by atoms with Gasteiger partial charge in [-0.3, -0.25) is 4.79 Å². The molecule has 0 bridgehead atoms. The van der Waals surface area contributed by atoms with Gasteiger partial charge in [0.2, 0.25) is 0 Å². The monoisotopic (exact) mass is 303 g/mol. The van der Waals surface area contributed by atoms with E-state index in [-0.39, 0.29) is 5.91 Å². The zero-order valence-electron chi connectivity index (χ0n) is 9.63. The van der Waals surface area contributed by atoms with E-state index < -0.39 is 5.82 Å². The summed E-state index contributed by atoms with van der Waals surface area (Å²) >= 11 is 3.04. The van der Waals surface area contributed by atoms with Crippen LogP contribution in [0.5, 0.6) is 0 Å². The molecule has 0 fully saturated rings. The third-order valence-corrected chi connectivity index (χ3v) is 2.78. The van der Waals surface area contributed by atoms with Crippen molar-refractivity contribution in [3.05, 3.63) is 34.1 Å². The van der Waals surface area contributed by atoms with Crippen molar-refractivity contribution in [2.75, 3.05) is 19.8 Å². The van der Waals surface area contributed by atoms with Gasteiger partial charge in [-0.1, -0.05) is 0 Å². The molecule has 5 heteroatoms. The molecule has 3 nitrogen and oxygen atoms in total. The van der Waals surface area contributed by atoms with Crippen molar-refractivity contribution in [3.8, 4) is 0 Å². The standard InChI is InChI=1S/C12H15BrFNO2/c1-2-17-7-3-6-15-12(16)9-4-5-10(13)11(14)8-9/h4-5,8H,2-3,6-7H2,1H3,(H,15,16). The molecule has 94 valence electrons. The molecule has 0 heterocycles. The van der Waals surface area contributed by atoms with Gasteiger partial charge in [0.25, 0.3) is 5.91 Å². The van der Waals surface area contributed by atoms with Gasteiger partial charge >= 0.3 is 0 Å². The minimum atomic E-state index is -0.438. The largest absolute Gasteiger partial charge is 0.382 e. The molecule has 1 aromatic carbocycles. The van der Waals surface area contributed by atoms with Gasteiger partial charge in [-0.25, -0.2) is 4.39 Å². The van der Waals surface area contributed by atoms with Crippen LogP contribution in [0.1, 0.15) is 23.7 Å². The van der Waals surface area contributed by atoms with Crippen molar-refractivity contribution in [1.29, 1.82) is 0 Å².